The molecule has 3 aromatic carbocycles. The number of ether oxygens (including phenoxy) is 2. The number of benzene rings is 3. The van der Waals surface area contributed by atoms with Crippen LogP contribution < -0.4 is 9.64 Å². The molecule has 49 heavy (non-hydrogen) atoms. The number of aromatic nitrogens is 3. The van der Waals surface area contributed by atoms with Gasteiger partial charge in [0, 0.05) is 35.0 Å². The molecule has 1 aliphatic heterocycles. The molecule has 0 radical (unpaired) electrons. The molecule has 1 aliphatic rings. The van der Waals surface area contributed by atoms with Crippen molar-refractivity contribution in [3.63, 3.8) is 0 Å². The van der Waals surface area contributed by atoms with Crippen molar-refractivity contribution in [1.29, 1.82) is 0 Å². The highest BCUT2D eigenvalue weighted by Gasteiger charge is 2.35. The monoisotopic (exact) mass is 676 g/mol. The number of allylic oxidation sites excluding steroid dienone is 1. The normalized spacial score (nSPS) is 13.5. The molecule has 9 heteroatoms. The van der Waals surface area contributed by atoms with Gasteiger partial charge in [0.05, 0.1) is 34.2 Å². The molecule has 0 bridgehead atoms. The number of rotatable bonds is 11. The maximum atomic E-state index is 12.9. The van der Waals surface area contributed by atoms with Gasteiger partial charge in [-0.3, -0.25) is 0 Å². The van der Waals surface area contributed by atoms with E-state index in [0.717, 1.165) is 35.2 Å². The minimum absolute atomic E-state index is 0.378. The SMILES string of the molecule is C=CCCc1cccc(-c2cccc(-c3cc4nc(C)c(C(OC(C)(C)C)C(=O)O)c(-c5ccc6c(c5Cl)N(CC=C)CCO6)n4n3)c2)c1. The molecule has 0 spiro atoms. The Bertz CT molecular complexity index is 2060. The lowest BCUT2D eigenvalue weighted by atomic mass is 9.97. The Balaban J connectivity index is 1.57. The maximum absolute atomic E-state index is 12.9. The number of aryl methyl sites for hydroxylation is 2. The Hall–Kier alpha value is -4.92. The van der Waals surface area contributed by atoms with Gasteiger partial charge in [-0.2, -0.15) is 5.10 Å². The second-order valence-corrected chi connectivity index (χ2v) is 13.6. The van der Waals surface area contributed by atoms with E-state index >= 15 is 0 Å². The Morgan fingerprint density at radius 2 is 1.80 bits per heavy atom. The van der Waals surface area contributed by atoms with Crippen molar-refractivity contribution in [2.45, 2.75) is 52.2 Å². The van der Waals surface area contributed by atoms with Crippen LogP contribution in [0.15, 0.2) is 92.0 Å². The maximum Gasteiger partial charge on any atom is 0.337 e. The molecule has 8 nitrogen and oxygen atoms in total. The first-order valence-electron chi connectivity index (χ1n) is 16.4. The summed E-state index contributed by atoms with van der Waals surface area (Å²) in [7, 11) is 0. The quantitative estimate of drug-likeness (QED) is 0.140. The van der Waals surface area contributed by atoms with Crippen LogP contribution in [0.4, 0.5) is 5.69 Å². The van der Waals surface area contributed by atoms with Crippen molar-refractivity contribution < 1.29 is 19.4 Å². The van der Waals surface area contributed by atoms with E-state index in [9.17, 15) is 9.90 Å². The predicted octanol–water partition coefficient (Wildman–Crippen LogP) is 9.14. The molecule has 0 amide bonds. The van der Waals surface area contributed by atoms with Gasteiger partial charge in [0.15, 0.2) is 11.8 Å². The summed E-state index contributed by atoms with van der Waals surface area (Å²) in [6.07, 6.45) is 4.25. The minimum Gasteiger partial charge on any atom is -0.490 e. The molecule has 5 aromatic rings. The highest BCUT2D eigenvalue weighted by molar-refractivity contribution is 6.36. The summed E-state index contributed by atoms with van der Waals surface area (Å²) < 4.78 is 13.9. The molecule has 1 atom stereocenters. The van der Waals surface area contributed by atoms with E-state index in [2.05, 4.69) is 54.5 Å². The molecule has 0 fully saturated rings. The number of fused-ring (bicyclic) bond motifs is 2. The molecule has 0 saturated carbocycles. The Morgan fingerprint density at radius 3 is 2.51 bits per heavy atom. The first kappa shape index (κ1) is 34.0. The molecule has 0 aliphatic carbocycles. The van der Waals surface area contributed by atoms with Gasteiger partial charge in [-0.15, -0.1) is 13.2 Å². The van der Waals surface area contributed by atoms with Crippen molar-refractivity contribution >= 4 is 28.9 Å². The Morgan fingerprint density at radius 1 is 1.06 bits per heavy atom. The Kier molecular flexibility index (Phi) is 9.63. The molecule has 0 saturated heterocycles. The van der Waals surface area contributed by atoms with Gasteiger partial charge < -0.3 is 19.5 Å². The number of carbonyl (C=O) groups is 1. The molecule has 6 rings (SSSR count). The average molecular weight is 677 g/mol. The summed E-state index contributed by atoms with van der Waals surface area (Å²) in [5.74, 6) is -0.487. The third-order valence-electron chi connectivity index (χ3n) is 8.46. The second kappa shape index (κ2) is 13.9. The van der Waals surface area contributed by atoms with Gasteiger partial charge in [0.2, 0.25) is 0 Å². The van der Waals surface area contributed by atoms with Crippen LogP contribution in [-0.4, -0.2) is 51.0 Å². The van der Waals surface area contributed by atoms with Crippen molar-refractivity contribution in [3.05, 3.63) is 114 Å². The van der Waals surface area contributed by atoms with Gasteiger partial charge >= 0.3 is 5.97 Å². The number of carboxylic acid groups (broad SMARTS) is 1. The molecule has 1 unspecified atom stereocenters. The standard InChI is InChI=1S/C40H41ClN4O4/c1-7-9-12-26-13-10-14-27(22-26)28-15-11-16-29(23-28)31-24-33-42-25(3)34(38(39(46)47)49-40(4,5)6)36(45(33)43-31)30-17-18-32-37(35(30)41)44(19-8-2)20-21-48-32/h7-8,10-11,13-18,22-24,38H,1-2,9,12,19-21H2,3-6H3,(H,46,47). The number of nitrogens with zero attached hydrogens (tertiary/aromatic N) is 4. The molecule has 1 N–H and O–H groups in total. The predicted molar refractivity (Wildman–Crippen MR) is 197 cm³/mol. The molecule has 3 heterocycles. The topological polar surface area (TPSA) is 89.2 Å². The van der Waals surface area contributed by atoms with E-state index in [1.54, 1.807) is 11.4 Å². The third kappa shape index (κ3) is 6.98. The average Bonchev–Trinajstić information content (AvgIpc) is 3.50. The zero-order valence-corrected chi connectivity index (χ0v) is 29.1. The lowest BCUT2D eigenvalue weighted by Gasteiger charge is -2.32. The van der Waals surface area contributed by atoms with Crippen LogP contribution in [0, 0.1) is 6.92 Å². The number of halogens is 1. The van der Waals surface area contributed by atoms with Crippen LogP contribution in [0.25, 0.3) is 39.3 Å². The van der Waals surface area contributed by atoms with Crippen LogP contribution in [0.5, 0.6) is 5.75 Å². The summed E-state index contributed by atoms with van der Waals surface area (Å²) in [6, 6.07) is 22.4. The van der Waals surface area contributed by atoms with Crippen LogP contribution in [-0.2, 0) is 16.0 Å². The van der Waals surface area contributed by atoms with E-state index in [-0.39, 0.29) is 0 Å². The van der Waals surface area contributed by atoms with Crippen LogP contribution >= 0.6 is 11.6 Å². The smallest absolute Gasteiger partial charge is 0.337 e. The summed E-state index contributed by atoms with van der Waals surface area (Å²) in [5.41, 5.74) is 7.47. The van der Waals surface area contributed by atoms with E-state index in [4.69, 9.17) is 31.2 Å². The lowest BCUT2D eigenvalue weighted by molar-refractivity contribution is -0.160. The fourth-order valence-electron chi connectivity index (χ4n) is 6.32. The molecular weight excluding hydrogens is 636 g/mol. The van der Waals surface area contributed by atoms with Gasteiger partial charge in [-0.1, -0.05) is 66.2 Å². The van der Waals surface area contributed by atoms with Gasteiger partial charge in [0.25, 0.3) is 0 Å². The number of aliphatic carboxylic acids is 1. The van der Waals surface area contributed by atoms with Gasteiger partial charge in [-0.25, -0.2) is 14.3 Å². The summed E-state index contributed by atoms with van der Waals surface area (Å²) in [5, 5.41) is 16.1. The second-order valence-electron chi connectivity index (χ2n) is 13.2. The zero-order valence-electron chi connectivity index (χ0n) is 28.4. The fraction of sp³-hybridized carbons (Fsp3) is 0.275. The van der Waals surface area contributed by atoms with Crippen LogP contribution in [0.2, 0.25) is 5.02 Å². The molecule has 252 valence electrons. The highest BCUT2D eigenvalue weighted by Crippen LogP contribution is 2.46. The van der Waals surface area contributed by atoms with Gasteiger partial charge in [-0.05, 0) is 75.4 Å². The number of hydrogen-bond acceptors (Lipinski definition) is 6. The van der Waals surface area contributed by atoms with Crippen molar-refractivity contribution in [1.82, 2.24) is 14.6 Å². The zero-order chi connectivity index (χ0) is 34.9. The highest BCUT2D eigenvalue weighted by atomic mass is 35.5. The Labute approximate surface area is 292 Å². The van der Waals surface area contributed by atoms with E-state index < -0.39 is 17.7 Å². The lowest BCUT2D eigenvalue weighted by Crippen LogP contribution is -2.33. The van der Waals surface area contributed by atoms with Crippen molar-refractivity contribution in [3.8, 4) is 39.4 Å². The van der Waals surface area contributed by atoms with E-state index in [1.165, 1.54) is 5.56 Å². The minimum atomic E-state index is -1.34. The van der Waals surface area contributed by atoms with Crippen molar-refractivity contribution in [2.24, 2.45) is 0 Å². The van der Waals surface area contributed by atoms with Crippen molar-refractivity contribution in [2.75, 3.05) is 24.6 Å². The summed E-state index contributed by atoms with van der Waals surface area (Å²) in [6.45, 7) is 16.8. The first-order valence-corrected chi connectivity index (χ1v) is 16.8. The van der Waals surface area contributed by atoms with Gasteiger partial charge in [0.1, 0.15) is 12.4 Å². The molecule has 2 aromatic heterocycles. The first-order chi connectivity index (χ1) is 23.5. The summed E-state index contributed by atoms with van der Waals surface area (Å²) in [4.78, 5) is 19.9. The fourth-order valence-corrected chi connectivity index (χ4v) is 6.69. The number of carboxylic acids is 1. The van der Waals surface area contributed by atoms with E-state index in [0.29, 0.717) is 64.3 Å². The van der Waals surface area contributed by atoms with Crippen LogP contribution in [0.3, 0.4) is 0 Å². The number of anilines is 1. The number of hydrogen-bond donors (Lipinski definition) is 1. The van der Waals surface area contributed by atoms with E-state index in [1.807, 2.05) is 63.3 Å². The third-order valence-corrected chi connectivity index (χ3v) is 8.84. The summed E-state index contributed by atoms with van der Waals surface area (Å²) >= 11 is 7.28. The molecular formula is C40H41ClN4O4. The largest absolute Gasteiger partial charge is 0.490 e. The van der Waals surface area contributed by atoms with Crippen LogP contribution in [0.1, 0.15) is 50.1 Å².